The number of likely N-dealkylation sites (N-methyl/N-ethyl adjacent to an activating group) is 1. The molecule has 1 aromatic carbocycles. The molecule has 1 heterocycles. The minimum atomic E-state index is -0.323. The first kappa shape index (κ1) is 17.9. The number of halogens is 1. The number of benzene rings is 1. The summed E-state index contributed by atoms with van der Waals surface area (Å²) in [7, 11) is 1.90. The van der Waals surface area contributed by atoms with E-state index < -0.39 is 0 Å². The van der Waals surface area contributed by atoms with E-state index in [1.807, 2.05) is 11.9 Å². The van der Waals surface area contributed by atoms with Crippen LogP contribution in [0.5, 0.6) is 0 Å². The van der Waals surface area contributed by atoms with E-state index in [2.05, 4.69) is 10.2 Å². The lowest BCUT2D eigenvalue weighted by atomic mass is 9.84. The Kier molecular flexibility index (Phi) is 5.68. The van der Waals surface area contributed by atoms with Crippen molar-refractivity contribution in [2.24, 2.45) is 5.92 Å². The van der Waals surface area contributed by atoms with Crippen molar-refractivity contribution in [1.82, 2.24) is 9.80 Å². The van der Waals surface area contributed by atoms with Gasteiger partial charge < -0.3 is 10.2 Å². The fraction of sp³-hybridized carbons (Fsp3) is 0.579. The third kappa shape index (κ3) is 4.57. The van der Waals surface area contributed by atoms with Crippen molar-refractivity contribution in [3.05, 3.63) is 30.1 Å². The van der Waals surface area contributed by atoms with Crippen LogP contribution >= 0.6 is 0 Å². The van der Waals surface area contributed by atoms with Crippen LogP contribution in [0.2, 0.25) is 0 Å². The van der Waals surface area contributed by atoms with Crippen molar-refractivity contribution >= 4 is 17.5 Å². The number of nitrogens with zero attached hydrogens (tertiary/aromatic N) is 2. The maximum atomic E-state index is 12.9. The number of hydrogen-bond donors (Lipinski definition) is 1. The lowest BCUT2D eigenvalue weighted by Crippen LogP contribution is -2.51. The van der Waals surface area contributed by atoms with Crippen LogP contribution in [0.3, 0.4) is 0 Å². The molecule has 0 aromatic heterocycles. The molecule has 0 spiro atoms. The molecule has 1 aliphatic carbocycles. The van der Waals surface area contributed by atoms with Gasteiger partial charge in [0.15, 0.2) is 0 Å². The van der Waals surface area contributed by atoms with Gasteiger partial charge in [-0.1, -0.05) is 6.42 Å². The molecule has 2 fully saturated rings. The fourth-order valence-corrected chi connectivity index (χ4v) is 3.55. The molecular weight excluding hydrogens is 321 g/mol. The number of rotatable bonds is 5. The van der Waals surface area contributed by atoms with Gasteiger partial charge in [-0.2, -0.15) is 0 Å². The van der Waals surface area contributed by atoms with Gasteiger partial charge in [0.1, 0.15) is 5.82 Å². The van der Waals surface area contributed by atoms with Crippen molar-refractivity contribution in [2.75, 3.05) is 32.0 Å². The normalized spacial score (nSPS) is 21.4. The molecule has 2 aliphatic rings. The molecule has 1 aromatic rings. The van der Waals surface area contributed by atoms with E-state index in [0.717, 1.165) is 45.2 Å². The van der Waals surface area contributed by atoms with Crippen molar-refractivity contribution in [2.45, 2.75) is 38.1 Å². The Labute approximate surface area is 148 Å². The Morgan fingerprint density at radius 1 is 1.20 bits per heavy atom. The zero-order valence-corrected chi connectivity index (χ0v) is 14.7. The van der Waals surface area contributed by atoms with Crippen LogP contribution < -0.4 is 5.32 Å². The quantitative estimate of drug-likeness (QED) is 0.890. The monoisotopic (exact) mass is 347 g/mol. The SMILES string of the molecule is CN(C(=O)C1CCC1)C1CCCN(CC(=O)Nc2ccc(F)cc2)C1. The molecule has 1 unspecified atom stereocenters. The van der Waals surface area contributed by atoms with Crippen molar-refractivity contribution in [3.63, 3.8) is 0 Å². The van der Waals surface area contributed by atoms with Gasteiger partial charge in [0.25, 0.3) is 0 Å². The van der Waals surface area contributed by atoms with Gasteiger partial charge in [-0.15, -0.1) is 0 Å². The van der Waals surface area contributed by atoms with Crippen LogP contribution in [0.1, 0.15) is 32.1 Å². The average molecular weight is 347 g/mol. The van der Waals surface area contributed by atoms with E-state index in [4.69, 9.17) is 0 Å². The number of carbonyl (C=O) groups excluding carboxylic acids is 2. The molecule has 136 valence electrons. The number of carbonyl (C=O) groups is 2. The highest BCUT2D eigenvalue weighted by molar-refractivity contribution is 5.92. The molecule has 1 saturated carbocycles. The lowest BCUT2D eigenvalue weighted by Gasteiger charge is -2.39. The first-order valence-electron chi connectivity index (χ1n) is 9.07. The maximum absolute atomic E-state index is 12.9. The Morgan fingerprint density at radius 2 is 1.92 bits per heavy atom. The Morgan fingerprint density at radius 3 is 2.56 bits per heavy atom. The molecule has 1 atom stereocenters. The summed E-state index contributed by atoms with van der Waals surface area (Å²) < 4.78 is 12.9. The van der Waals surface area contributed by atoms with Gasteiger partial charge >= 0.3 is 0 Å². The van der Waals surface area contributed by atoms with Gasteiger partial charge in [0.2, 0.25) is 11.8 Å². The molecule has 0 bridgehead atoms. The molecule has 1 saturated heterocycles. The molecule has 2 amide bonds. The second-order valence-corrected chi connectivity index (χ2v) is 7.16. The lowest BCUT2D eigenvalue weighted by molar-refractivity contribution is -0.140. The van der Waals surface area contributed by atoms with Crippen molar-refractivity contribution in [3.8, 4) is 0 Å². The van der Waals surface area contributed by atoms with Crippen LogP contribution in [0.25, 0.3) is 0 Å². The van der Waals surface area contributed by atoms with Gasteiger partial charge in [-0.3, -0.25) is 14.5 Å². The maximum Gasteiger partial charge on any atom is 0.238 e. The number of piperidine rings is 1. The summed E-state index contributed by atoms with van der Waals surface area (Å²) in [5.41, 5.74) is 0.595. The van der Waals surface area contributed by atoms with Crippen molar-refractivity contribution in [1.29, 1.82) is 0 Å². The highest BCUT2D eigenvalue weighted by Crippen LogP contribution is 2.29. The van der Waals surface area contributed by atoms with E-state index in [1.54, 1.807) is 12.1 Å². The first-order valence-corrected chi connectivity index (χ1v) is 9.07. The zero-order chi connectivity index (χ0) is 17.8. The summed E-state index contributed by atoms with van der Waals surface area (Å²) >= 11 is 0. The summed E-state index contributed by atoms with van der Waals surface area (Å²) in [5.74, 6) is 0.0345. The van der Waals surface area contributed by atoms with Gasteiger partial charge in [-0.25, -0.2) is 4.39 Å². The second-order valence-electron chi connectivity index (χ2n) is 7.16. The number of hydrogen-bond acceptors (Lipinski definition) is 3. The van der Waals surface area contributed by atoms with E-state index >= 15 is 0 Å². The van der Waals surface area contributed by atoms with E-state index in [1.165, 1.54) is 12.1 Å². The third-order valence-corrected chi connectivity index (χ3v) is 5.33. The fourth-order valence-electron chi connectivity index (χ4n) is 3.55. The van der Waals surface area contributed by atoms with Gasteiger partial charge in [0, 0.05) is 31.2 Å². The molecule has 1 N–H and O–H groups in total. The van der Waals surface area contributed by atoms with Crippen LogP contribution in [-0.2, 0) is 9.59 Å². The Hall–Kier alpha value is -1.95. The minimum absolute atomic E-state index is 0.111. The van der Waals surface area contributed by atoms with Crippen LogP contribution in [0, 0.1) is 11.7 Å². The predicted octanol–water partition coefficient (Wildman–Crippen LogP) is 2.49. The standard InChI is InChI=1S/C19H26FN3O2/c1-22(19(25)14-4-2-5-14)17-6-3-11-23(12-17)13-18(24)21-16-9-7-15(20)8-10-16/h7-10,14,17H,2-6,11-13H2,1H3,(H,21,24). The van der Waals surface area contributed by atoms with E-state index in [-0.39, 0.29) is 29.6 Å². The average Bonchev–Trinajstić information content (AvgIpc) is 2.55. The molecule has 6 heteroatoms. The van der Waals surface area contributed by atoms with Crippen LogP contribution in [-0.4, -0.2) is 54.3 Å². The number of amides is 2. The molecule has 1 aliphatic heterocycles. The van der Waals surface area contributed by atoms with Crippen molar-refractivity contribution < 1.29 is 14.0 Å². The van der Waals surface area contributed by atoms with E-state index in [9.17, 15) is 14.0 Å². The summed E-state index contributed by atoms with van der Waals surface area (Å²) in [5, 5.41) is 2.79. The third-order valence-electron chi connectivity index (χ3n) is 5.33. The Balaban J connectivity index is 1.49. The highest BCUT2D eigenvalue weighted by atomic mass is 19.1. The smallest absolute Gasteiger partial charge is 0.238 e. The van der Waals surface area contributed by atoms with Crippen LogP contribution in [0.4, 0.5) is 10.1 Å². The first-order chi connectivity index (χ1) is 12.0. The summed E-state index contributed by atoms with van der Waals surface area (Å²) in [6.07, 6.45) is 5.16. The second kappa shape index (κ2) is 7.95. The topological polar surface area (TPSA) is 52.7 Å². The number of likely N-dealkylation sites (tertiary alicyclic amines) is 1. The van der Waals surface area contributed by atoms with Gasteiger partial charge in [0.05, 0.1) is 6.54 Å². The number of anilines is 1. The van der Waals surface area contributed by atoms with Crippen LogP contribution in [0.15, 0.2) is 24.3 Å². The highest BCUT2D eigenvalue weighted by Gasteiger charge is 2.33. The summed E-state index contributed by atoms with van der Waals surface area (Å²) in [4.78, 5) is 28.6. The summed E-state index contributed by atoms with van der Waals surface area (Å²) in [6.45, 7) is 1.88. The predicted molar refractivity (Wildman–Crippen MR) is 94.6 cm³/mol. The molecular formula is C19H26FN3O2. The molecule has 25 heavy (non-hydrogen) atoms. The molecule has 0 radical (unpaired) electrons. The number of nitrogens with one attached hydrogen (secondary N) is 1. The molecule has 5 nitrogen and oxygen atoms in total. The largest absolute Gasteiger partial charge is 0.341 e. The van der Waals surface area contributed by atoms with E-state index in [0.29, 0.717) is 12.2 Å². The summed E-state index contributed by atoms with van der Waals surface area (Å²) in [6, 6.07) is 5.94. The van der Waals surface area contributed by atoms with Gasteiger partial charge in [-0.05, 0) is 56.5 Å². The molecule has 3 rings (SSSR count). The zero-order valence-electron chi connectivity index (χ0n) is 14.7. The Bertz CT molecular complexity index is 616. The minimum Gasteiger partial charge on any atom is -0.341 e.